The van der Waals surface area contributed by atoms with Crippen LogP contribution in [-0.2, 0) is 4.79 Å². The second-order valence-electron chi connectivity index (χ2n) is 5.52. The summed E-state index contributed by atoms with van der Waals surface area (Å²) >= 11 is 2.38. The Morgan fingerprint density at radius 1 is 1.23 bits per heavy atom. The molecular formula is C17H16N4O3S2. The van der Waals surface area contributed by atoms with Crippen LogP contribution in [-0.4, -0.2) is 27.3 Å². The van der Waals surface area contributed by atoms with E-state index in [1.807, 2.05) is 31.2 Å². The standard InChI is InChI=1S/C17H16N4O3S2/c1-9-3-5-11(6-4-9)15-20-21-17(24-15)26-10(2)14(23)19-16-12(13(18)22)7-8-25-16/h3-8,10H,1-2H3,(H2,18,22)(H,19,23). The number of primary amides is 1. The fraction of sp³-hybridized carbons (Fsp3) is 0.176. The van der Waals surface area contributed by atoms with Crippen molar-refractivity contribution in [2.45, 2.75) is 24.3 Å². The van der Waals surface area contributed by atoms with Crippen molar-refractivity contribution in [3.63, 3.8) is 0 Å². The van der Waals surface area contributed by atoms with Crippen LogP contribution in [0.25, 0.3) is 11.5 Å². The predicted molar refractivity (Wildman–Crippen MR) is 101 cm³/mol. The average Bonchev–Trinajstić information content (AvgIpc) is 3.25. The smallest absolute Gasteiger partial charge is 0.277 e. The highest BCUT2D eigenvalue weighted by atomic mass is 32.2. The van der Waals surface area contributed by atoms with Gasteiger partial charge in [0, 0.05) is 5.56 Å². The summed E-state index contributed by atoms with van der Waals surface area (Å²) in [4.78, 5) is 23.7. The highest BCUT2D eigenvalue weighted by Crippen LogP contribution is 2.28. The molecule has 3 aromatic rings. The van der Waals surface area contributed by atoms with E-state index in [1.165, 1.54) is 11.3 Å². The van der Waals surface area contributed by atoms with Gasteiger partial charge in [0.05, 0.1) is 10.8 Å². The van der Waals surface area contributed by atoms with Crippen molar-refractivity contribution in [2.24, 2.45) is 5.73 Å². The van der Waals surface area contributed by atoms with Crippen LogP contribution in [0.5, 0.6) is 0 Å². The second-order valence-corrected chi connectivity index (χ2v) is 7.72. The lowest BCUT2D eigenvalue weighted by Crippen LogP contribution is -2.23. The Balaban J connectivity index is 1.65. The summed E-state index contributed by atoms with van der Waals surface area (Å²) < 4.78 is 5.62. The number of rotatable bonds is 6. The van der Waals surface area contributed by atoms with Crippen LogP contribution in [0.4, 0.5) is 5.00 Å². The van der Waals surface area contributed by atoms with Gasteiger partial charge in [0.2, 0.25) is 11.8 Å². The molecule has 3 rings (SSSR count). The van der Waals surface area contributed by atoms with Crippen molar-refractivity contribution in [3.8, 4) is 11.5 Å². The Kier molecular flexibility index (Phi) is 5.38. The van der Waals surface area contributed by atoms with Crippen LogP contribution in [0.2, 0.25) is 0 Å². The normalized spacial score (nSPS) is 11.9. The number of aryl methyl sites for hydroxylation is 1. The number of nitrogens with one attached hydrogen (secondary N) is 1. The molecule has 3 N–H and O–H groups in total. The van der Waals surface area contributed by atoms with Crippen LogP contribution >= 0.6 is 23.1 Å². The minimum atomic E-state index is -0.582. The summed E-state index contributed by atoms with van der Waals surface area (Å²) in [5.74, 6) is -0.467. The first-order valence-electron chi connectivity index (χ1n) is 7.69. The van der Waals surface area contributed by atoms with E-state index in [-0.39, 0.29) is 5.91 Å². The third-order valence-electron chi connectivity index (χ3n) is 3.52. The third-order valence-corrected chi connectivity index (χ3v) is 5.28. The van der Waals surface area contributed by atoms with Crippen molar-refractivity contribution in [1.82, 2.24) is 10.2 Å². The molecule has 1 aromatic carbocycles. The third kappa shape index (κ3) is 4.12. The van der Waals surface area contributed by atoms with Crippen LogP contribution in [0.3, 0.4) is 0 Å². The maximum Gasteiger partial charge on any atom is 0.277 e. The molecule has 7 nitrogen and oxygen atoms in total. The molecule has 0 fully saturated rings. The highest BCUT2D eigenvalue weighted by molar-refractivity contribution is 8.00. The van der Waals surface area contributed by atoms with E-state index in [0.717, 1.165) is 22.9 Å². The van der Waals surface area contributed by atoms with Crippen molar-refractivity contribution >= 4 is 39.9 Å². The summed E-state index contributed by atoms with van der Waals surface area (Å²) in [6.45, 7) is 3.71. The van der Waals surface area contributed by atoms with Crippen molar-refractivity contribution < 1.29 is 14.0 Å². The van der Waals surface area contributed by atoms with Crippen LogP contribution in [0.15, 0.2) is 45.4 Å². The predicted octanol–water partition coefficient (Wildman–Crippen LogP) is 3.32. The quantitative estimate of drug-likeness (QED) is 0.627. The lowest BCUT2D eigenvalue weighted by atomic mass is 10.1. The molecule has 0 aliphatic heterocycles. The van der Waals surface area contributed by atoms with E-state index in [2.05, 4.69) is 15.5 Å². The Morgan fingerprint density at radius 2 is 1.96 bits per heavy atom. The number of amides is 2. The molecular weight excluding hydrogens is 372 g/mol. The van der Waals surface area contributed by atoms with Crippen molar-refractivity contribution in [2.75, 3.05) is 5.32 Å². The fourth-order valence-corrected chi connectivity index (χ4v) is 3.57. The number of nitrogens with zero attached hydrogens (tertiary/aromatic N) is 2. The van der Waals surface area contributed by atoms with E-state index < -0.39 is 11.2 Å². The van der Waals surface area contributed by atoms with Gasteiger partial charge in [-0.3, -0.25) is 9.59 Å². The molecule has 2 heterocycles. The fourth-order valence-electron chi connectivity index (χ4n) is 2.09. The topological polar surface area (TPSA) is 111 Å². The molecule has 9 heteroatoms. The Labute approximate surface area is 158 Å². The summed E-state index contributed by atoms with van der Waals surface area (Å²) in [7, 11) is 0. The van der Waals surface area contributed by atoms with Gasteiger partial charge in [0.15, 0.2) is 0 Å². The van der Waals surface area contributed by atoms with Crippen LogP contribution < -0.4 is 11.1 Å². The highest BCUT2D eigenvalue weighted by Gasteiger charge is 2.21. The molecule has 0 spiro atoms. The van der Waals surface area contributed by atoms with Crippen LogP contribution in [0, 0.1) is 6.92 Å². The van der Waals surface area contributed by atoms with Crippen molar-refractivity contribution in [1.29, 1.82) is 0 Å². The summed E-state index contributed by atoms with van der Waals surface area (Å²) in [5.41, 5.74) is 7.52. The number of thiophene rings is 1. The SMILES string of the molecule is Cc1ccc(-c2nnc(SC(C)C(=O)Nc3sccc3C(N)=O)o2)cc1. The first-order valence-corrected chi connectivity index (χ1v) is 9.45. The van der Waals surface area contributed by atoms with Gasteiger partial charge in [-0.05, 0) is 37.4 Å². The Morgan fingerprint density at radius 3 is 2.65 bits per heavy atom. The van der Waals surface area contributed by atoms with E-state index in [1.54, 1.807) is 18.4 Å². The molecule has 0 saturated carbocycles. The number of aromatic nitrogens is 2. The van der Waals surface area contributed by atoms with Gasteiger partial charge in [-0.1, -0.05) is 29.5 Å². The van der Waals surface area contributed by atoms with Gasteiger partial charge < -0.3 is 15.5 Å². The lowest BCUT2D eigenvalue weighted by molar-refractivity contribution is -0.115. The average molecular weight is 388 g/mol. The molecule has 26 heavy (non-hydrogen) atoms. The summed E-state index contributed by atoms with van der Waals surface area (Å²) in [6, 6.07) is 9.29. The minimum Gasteiger partial charge on any atom is -0.411 e. The molecule has 0 aliphatic carbocycles. The van der Waals surface area contributed by atoms with Gasteiger partial charge in [-0.25, -0.2) is 0 Å². The first-order chi connectivity index (χ1) is 12.4. The Bertz CT molecular complexity index is 934. The van der Waals surface area contributed by atoms with Crippen molar-refractivity contribution in [3.05, 3.63) is 46.8 Å². The van der Waals surface area contributed by atoms with Gasteiger partial charge in [-0.2, -0.15) is 0 Å². The number of carbonyl (C=O) groups excluding carboxylic acids is 2. The van der Waals surface area contributed by atoms with E-state index >= 15 is 0 Å². The number of hydrogen-bond donors (Lipinski definition) is 2. The van der Waals surface area contributed by atoms with E-state index in [0.29, 0.717) is 21.7 Å². The Hall–Kier alpha value is -2.65. The molecule has 2 aromatic heterocycles. The second kappa shape index (κ2) is 7.71. The molecule has 134 valence electrons. The number of anilines is 1. The van der Waals surface area contributed by atoms with Gasteiger partial charge in [0.25, 0.3) is 11.1 Å². The molecule has 0 aliphatic rings. The summed E-state index contributed by atoms with van der Waals surface area (Å²) in [5, 5.41) is 12.6. The first kappa shape index (κ1) is 18.2. The zero-order valence-corrected chi connectivity index (χ0v) is 15.7. The van der Waals surface area contributed by atoms with Gasteiger partial charge in [0.1, 0.15) is 5.00 Å². The number of carbonyl (C=O) groups is 2. The number of hydrogen-bond acceptors (Lipinski definition) is 7. The molecule has 2 amide bonds. The molecule has 0 saturated heterocycles. The number of nitrogens with two attached hydrogens (primary N) is 1. The molecule has 1 unspecified atom stereocenters. The maximum absolute atomic E-state index is 12.3. The van der Waals surface area contributed by atoms with Gasteiger partial charge in [-0.15, -0.1) is 21.5 Å². The van der Waals surface area contributed by atoms with E-state index in [4.69, 9.17) is 10.2 Å². The van der Waals surface area contributed by atoms with Gasteiger partial charge >= 0.3 is 0 Å². The zero-order chi connectivity index (χ0) is 18.7. The molecule has 0 radical (unpaired) electrons. The largest absolute Gasteiger partial charge is 0.411 e. The molecule has 1 atom stereocenters. The van der Waals surface area contributed by atoms with E-state index in [9.17, 15) is 9.59 Å². The van der Waals surface area contributed by atoms with Crippen LogP contribution in [0.1, 0.15) is 22.8 Å². The number of thioether (sulfide) groups is 1. The molecule has 0 bridgehead atoms. The lowest BCUT2D eigenvalue weighted by Gasteiger charge is -2.09. The zero-order valence-electron chi connectivity index (χ0n) is 14.1. The minimum absolute atomic E-state index is 0.282. The monoisotopic (exact) mass is 388 g/mol. The maximum atomic E-state index is 12.3. The summed E-state index contributed by atoms with van der Waals surface area (Å²) in [6.07, 6.45) is 0. The number of benzene rings is 1.